The summed E-state index contributed by atoms with van der Waals surface area (Å²) < 4.78 is 0. The van der Waals surface area contributed by atoms with Gasteiger partial charge in [0.15, 0.2) is 0 Å². The highest BCUT2D eigenvalue weighted by molar-refractivity contribution is 5.94. The van der Waals surface area contributed by atoms with Crippen molar-refractivity contribution in [2.75, 3.05) is 13.6 Å². The molecule has 1 aromatic heterocycles. The SMILES string of the molecule is C=C(N/C(CCNC)=C(\C)C=O)c1ccnc(-c2ccc(C(=O)NC3CCCCC3)cc2)c1. The molecule has 1 aliphatic carbocycles. The summed E-state index contributed by atoms with van der Waals surface area (Å²) in [4.78, 5) is 28.3. The number of rotatable bonds is 10. The van der Waals surface area contributed by atoms with Gasteiger partial charge in [0.2, 0.25) is 0 Å². The van der Waals surface area contributed by atoms with Crippen LogP contribution < -0.4 is 16.0 Å². The van der Waals surface area contributed by atoms with Crippen LogP contribution in [-0.4, -0.2) is 36.8 Å². The summed E-state index contributed by atoms with van der Waals surface area (Å²) in [5.74, 6) is -0.0147. The van der Waals surface area contributed by atoms with E-state index in [-0.39, 0.29) is 11.9 Å². The Kier molecular flexibility index (Phi) is 8.95. The van der Waals surface area contributed by atoms with Crippen LogP contribution in [0.4, 0.5) is 0 Å². The summed E-state index contributed by atoms with van der Waals surface area (Å²) in [7, 11) is 1.88. The summed E-state index contributed by atoms with van der Waals surface area (Å²) in [6, 6.07) is 11.7. The molecule has 1 aromatic carbocycles. The molecule has 2 aromatic rings. The number of hydrogen-bond acceptors (Lipinski definition) is 5. The van der Waals surface area contributed by atoms with Crippen molar-refractivity contribution >= 4 is 17.9 Å². The van der Waals surface area contributed by atoms with Crippen LogP contribution in [0.1, 0.15) is 61.4 Å². The zero-order valence-electron chi connectivity index (χ0n) is 19.6. The molecule has 6 heteroatoms. The number of carbonyl (C=O) groups is 2. The normalized spacial score (nSPS) is 14.8. The first-order valence-corrected chi connectivity index (χ1v) is 11.6. The third kappa shape index (κ3) is 6.86. The molecule has 0 spiro atoms. The number of aldehydes is 1. The van der Waals surface area contributed by atoms with Gasteiger partial charge >= 0.3 is 0 Å². The summed E-state index contributed by atoms with van der Waals surface area (Å²) >= 11 is 0. The molecular formula is C27H34N4O2. The van der Waals surface area contributed by atoms with Gasteiger partial charge in [-0.3, -0.25) is 14.6 Å². The lowest BCUT2D eigenvalue weighted by molar-refractivity contribution is -0.104. The smallest absolute Gasteiger partial charge is 0.251 e. The first kappa shape index (κ1) is 24.4. The number of nitrogens with zero attached hydrogens (tertiary/aromatic N) is 1. The second-order valence-electron chi connectivity index (χ2n) is 8.55. The molecule has 3 N–H and O–H groups in total. The van der Waals surface area contributed by atoms with Gasteiger partial charge in [-0.1, -0.05) is 38.0 Å². The average molecular weight is 447 g/mol. The predicted octanol–water partition coefficient (Wildman–Crippen LogP) is 4.45. The zero-order chi connectivity index (χ0) is 23.6. The lowest BCUT2D eigenvalue weighted by Crippen LogP contribution is -2.36. The minimum atomic E-state index is -0.0147. The molecule has 1 amide bonds. The topological polar surface area (TPSA) is 83.1 Å². The Morgan fingerprint density at radius 3 is 2.52 bits per heavy atom. The van der Waals surface area contributed by atoms with Crippen molar-refractivity contribution in [3.8, 4) is 11.3 Å². The molecule has 0 aliphatic heterocycles. The Hall–Kier alpha value is -3.25. The maximum Gasteiger partial charge on any atom is 0.251 e. The van der Waals surface area contributed by atoms with Crippen molar-refractivity contribution < 1.29 is 9.59 Å². The van der Waals surface area contributed by atoms with E-state index in [0.29, 0.717) is 23.3 Å². The van der Waals surface area contributed by atoms with Gasteiger partial charge in [-0.25, -0.2) is 0 Å². The number of benzene rings is 1. The second-order valence-corrected chi connectivity index (χ2v) is 8.55. The molecule has 6 nitrogen and oxygen atoms in total. The summed E-state index contributed by atoms with van der Waals surface area (Å²) in [5.41, 5.74) is 5.47. The van der Waals surface area contributed by atoms with Crippen LogP contribution in [-0.2, 0) is 4.79 Å². The first-order valence-electron chi connectivity index (χ1n) is 11.6. The molecule has 33 heavy (non-hydrogen) atoms. The fourth-order valence-electron chi connectivity index (χ4n) is 4.02. The molecule has 0 radical (unpaired) electrons. The van der Waals surface area contributed by atoms with Crippen LogP contribution in [0.25, 0.3) is 17.0 Å². The van der Waals surface area contributed by atoms with E-state index in [9.17, 15) is 9.59 Å². The molecule has 0 saturated heterocycles. The Balaban J connectivity index is 1.70. The van der Waals surface area contributed by atoms with Crippen molar-refractivity contribution in [3.63, 3.8) is 0 Å². The second kappa shape index (κ2) is 12.1. The lowest BCUT2D eigenvalue weighted by atomic mass is 9.95. The Morgan fingerprint density at radius 2 is 1.85 bits per heavy atom. The van der Waals surface area contributed by atoms with Crippen molar-refractivity contribution in [2.24, 2.45) is 0 Å². The number of pyridine rings is 1. The molecule has 1 fully saturated rings. The minimum Gasteiger partial charge on any atom is -0.359 e. The maximum absolute atomic E-state index is 12.6. The Labute approximate surface area is 196 Å². The highest BCUT2D eigenvalue weighted by atomic mass is 16.1. The number of carbonyl (C=O) groups excluding carboxylic acids is 2. The van der Waals surface area contributed by atoms with E-state index >= 15 is 0 Å². The molecule has 174 valence electrons. The standard InChI is InChI=1S/C27H34N4O2/c1-19(18-32)25(14-15-28-3)30-20(2)23-13-16-29-26(17-23)21-9-11-22(12-10-21)27(33)31-24-7-5-4-6-8-24/h9-13,16-18,24,28,30H,2,4-8,14-15H2,1,3H3,(H,31,33)/b25-19+. The van der Waals surface area contributed by atoms with Gasteiger partial charge < -0.3 is 16.0 Å². The molecule has 1 heterocycles. The minimum absolute atomic E-state index is 0.0147. The Bertz CT molecular complexity index is 1010. The highest BCUT2D eigenvalue weighted by Crippen LogP contribution is 2.23. The van der Waals surface area contributed by atoms with Crippen molar-refractivity contribution in [3.05, 3.63) is 71.6 Å². The van der Waals surface area contributed by atoms with Gasteiger partial charge in [-0.05, 0) is 51.1 Å². The van der Waals surface area contributed by atoms with E-state index in [1.165, 1.54) is 19.3 Å². The van der Waals surface area contributed by atoms with Crippen LogP contribution in [0, 0.1) is 0 Å². The first-order chi connectivity index (χ1) is 16.0. The summed E-state index contributed by atoms with van der Waals surface area (Å²) in [5, 5.41) is 9.55. The molecule has 0 atom stereocenters. The number of allylic oxidation sites excluding steroid dienone is 1. The van der Waals surface area contributed by atoms with E-state index in [1.54, 1.807) is 13.1 Å². The van der Waals surface area contributed by atoms with E-state index in [2.05, 4.69) is 27.5 Å². The molecule has 1 saturated carbocycles. The molecule has 0 unspecified atom stereocenters. The number of hydrogen-bond donors (Lipinski definition) is 3. The zero-order valence-corrected chi connectivity index (χ0v) is 19.6. The average Bonchev–Trinajstić information content (AvgIpc) is 2.86. The van der Waals surface area contributed by atoms with Crippen LogP contribution in [0.15, 0.2) is 60.4 Å². The van der Waals surface area contributed by atoms with Gasteiger partial charge in [0.1, 0.15) is 6.29 Å². The van der Waals surface area contributed by atoms with Crippen LogP contribution in [0.5, 0.6) is 0 Å². The van der Waals surface area contributed by atoms with Crippen LogP contribution >= 0.6 is 0 Å². The van der Waals surface area contributed by atoms with Gasteiger partial charge in [-0.15, -0.1) is 0 Å². The van der Waals surface area contributed by atoms with Gasteiger partial charge in [0.25, 0.3) is 5.91 Å². The largest absolute Gasteiger partial charge is 0.359 e. The number of nitrogens with one attached hydrogen (secondary N) is 3. The van der Waals surface area contributed by atoms with Crippen LogP contribution in [0.3, 0.4) is 0 Å². The van der Waals surface area contributed by atoms with E-state index in [0.717, 1.165) is 48.2 Å². The number of amides is 1. The highest BCUT2D eigenvalue weighted by Gasteiger charge is 2.16. The predicted molar refractivity (Wildman–Crippen MR) is 133 cm³/mol. The Morgan fingerprint density at radius 1 is 1.12 bits per heavy atom. The fourth-order valence-corrected chi connectivity index (χ4v) is 4.02. The monoisotopic (exact) mass is 446 g/mol. The lowest BCUT2D eigenvalue weighted by Gasteiger charge is -2.22. The van der Waals surface area contributed by atoms with Gasteiger partial charge in [0, 0.05) is 58.9 Å². The van der Waals surface area contributed by atoms with Crippen molar-refractivity contribution in [2.45, 2.75) is 51.5 Å². The maximum atomic E-state index is 12.6. The van der Waals surface area contributed by atoms with Gasteiger partial charge in [-0.2, -0.15) is 0 Å². The molecule has 3 rings (SSSR count). The quantitative estimate of drug-likeness (QED) is 0.371. The van der Waals surface area contributed by atoms with Crippen LogP contribution in [0.2, 0.25) is 0 Å². The summed E-state index contributed by atoms with van der Waals surface area (Å²) in [6.45, 7) is 6.70. The van der Waals surface area contributed by atoms with E-state index < -0.39 is 0 Å². The number of aromatic nitrogens is 1. The fraction of sp³-hybridized carbons (Fsp3) is 0.370. The van der Waals surface area contributed by atoms with E-state index in [4.69, 9.17) is 0 Å². The third-order valence-electron chi connectivity index (χ3n) is 6.07. The molecule has 1 aliphatic rings. The van der Waals surface area contributed by atoms with Gasteiger partial charge in [0.05, 0.1) is 5.69 Å². The summed E-state index contributed by atoms with van der Waals surface area (Å²) in [6.07, 6.45) is 9.07. The molecular weight excluding hydrogens is 412 g/mol. The molecule has 0 bridgehead atoms. The van der Waals surface area contributed by atoms with Crippen molar-refractivity contribution in [1.82, 2.24) is 20.9 Å². The third-order valence-corrected chi connectivity index (χ3v) is 6.07. The van der Waals surface area contributed by atoms with Crippen molar-refractivity contribution in [1.29, 1.82) is 0 Å². The van der Waals surface area contributed by atoms with E-state index in [1.807, 2.05) is 43.4 Å².